The van der Waals surface area contributed by atoms with Gasteiger partial charge in [0.1, 0.15) is 12.1 Å². The third-order valence-electron chi connectivity index (χ3n) is 2.52. The minimum atomic E-state index is -0.383. The SMILES string of the molecule is C=CCN(c1ccc(C=O)cc1F)C(C)(C)C. The average molecular weight is 235 g/mol. The standard InChI is InChI=1S/C14H18FNO/c1-5-8-16(14(2,3)4)13-7-6-11(10-17)9-12(13)15/h5-7,9-10H,1,8H2,2-4H3. The molecule has 3 heteroatoms. The first kappa shape index (κ1) is 13.4. The normalized spacial score (nSPS) is 11.1. The molecule has 0 aliphatic heterocycles. The van der Waals surface area contributed by atoms with Crippen molar-refractivity contribution in [2.45, 2.75) is 26.3 Å². The monoisotopic (exact) mass is 235 g/mol. The molecule has 0 unspecified atom stereocenters. The predicted molar refractivity (Wildman–Crippen MR) is 69.1 cm³/mol. The molecule has 1 rings (SSSR count). The fourth-order valence-corrected chi connectivity index (χ4v) is 1.68. The maximum Gasteiger partial charge on any atom is 0.150 e. The van der Waals surface area contributed by atoms with Crippen LogP contribution in [0.1, 0.15) is 31.1 Å². The fourth-order valence-electron chi connectivity index (χ4n) is 1.68. The van der Waals surface area contributed by atoms with Gasteiger partial charge in [0, 0.05) is 17.6 Å². The van der Waals surface area contributed by atoms with E-state index in [0.717, 1.165) is 0 Å². The highest BCUT2D eigenvalue weighted by Gasteiger charge is 2.23. The number of rotatable bonds is 4. The lowest BCUT2D eigenvalue weighted by Gasteiger charge is -2.37. The molecule has 17 heavy (non-hydrogen) atoms. The van der Waals surface area contributed by atoms with Crippen molar-refractivity contribution >= 4 is 12.0 Å². The molecule has 0 aliphatic rings. The predicted octanol–water partition coefficient (Wildman–Crippen LogP) is 3.43. The highest BCUT2D eigenvalue weighted by atomic mass is 19.1. The van der Waals surface area contributed by atoms with Crippen LogP contribution in [0.2, 0.25) is 0 Å². The van der Waals surface area contributed by atoms with Crippen LogP contribution in [0.3, 0.4) is 0 Å². The first-order valence-electron chi connectivity index (χ1n) is 5.53. The number of carbonyl (C=O) groups excluding carboxylic acids is 1. The van der Waals surface area contributed by atoms with E-state index in [4.69, 9.17) is 0 Å². The van der Waals surface area contributed by atoms with Gasteiger partial charge < -0.3 is 4.90 Å². The lowest BCUT2D eigenvalue weighted by Crippen LogP contribution is -2.42. The maximum absolute atomic E-state index is 13.9. The van der Waals surface area contributed by atoms with Crippen molar-refractivity contribution in [1.29, 1.82) is 0 Å². The third-order valence-corrected chi connectivity index (χ3v) is 2.52. The highest BCUT2D eigenvalue weighted by Crippen LogP contribution is 2.26. The Morgan fingerprint density at radius 1 is 1.41 bits per heavy atom. The Hall–Kier alpha value is -1.64. The summed E-state index contributed by atoms with van der Waals surface area (Å²) in [6.07, 6.45) is 2.38. The summed E-state index contributed by atoms with van der Waals surface area (Å²) in [5.41, 5.74) is 0.624. The molecular formula is C14H18FNO. The van der Waals surface area contributed by atoms with Crippen LogP contribution < -0.4 is 4.90 Å². The van der Waals surface area contributed by atoms with Gasteiger partial charge in [-0.3, -0.25) is 4.79 Å². The number of aldehydes is 1. The third kappa shape index (κ3) is 3.16. The molecule has 0 bridgehead atoms. The zero-order valence-electron chi connectivity index (χ0n) is 10.5. The van der Waals surface area contributed by atoms with Crippen molar-refractivity contribution in [2.75, 3.05) is 11.4 Å². The van der Waals surface area contributed by atoms with E-state index < -0.39 is 0 Å². The quantitative estimate of drug-likeness (QED) is 0.588. The molecular weight excluding hydrogens is 217 g/mol. The Morgan fingerprint density at radius 3 is 2.47 bits per heavy atom. The molecule has 0 heterocycles. The molecule has 1 aromatic rings. The van der Waals surface area contributed by atoms with E-state index in [1.807, 2.05) is 25.7 Å². The summed E-state index contributed by atoms with van der Waals surface area (Å²) in [6.45, 7) is 10.2. The highest BCUT2D eigenvalue weighted by molar-refractivity contribution is 5.76. The molecule has 0 fully saturated rings. The molecule has 0 aliphatic carbocycles. The molecule has 0 N–H and O–H groups in total. The van der Waals surface area contributed by atoms with Gasteiger partial charge in [-0.25, -0.2) is 4.39 Å². The van der Waals surface area contributed by atoms with Crippen molar-refractivity contribution in [3.05, 3.63) is 42.2 Å². The lowest BCUT2D eigenvalue weighted by atomic mass is 10.0. The molecule has 92 valence electrons. The number of carbonyl (C=O) groups is 1. The minimum absolute atomic E-state index is 0.211. The second-order valence-corrected chi connectivity index (χ2v) is 4.90. The van der Waals surface area contributed by atoms with Gasteiger partial charge in [-0.05, 0) is 39.0 Å². The van der Waals surface area contributed by atoms with E-state index in [0.29, 0.717) is 24.1 Å². The Kier molecular flexibility index (Phi) is 4.05. The van der Waals surface area contributed by atoms with Crippen molar-refractivity contribution in [3.8, 4) is 0 Å². The van der Waals surface area contributed by atoms with Crippen LogP contribution >= 0.6 is 0 Å². The van der Waals surface area contributed by atoms with Gasteiger partial charge >= 0.3 is 0 Å². The number of hydrogen-bond acceptors (Lipinski definition) is 2. The van der Waals surface area contributed by atoms with E-state index in [-0.39, 0.29) is 11.4 Å². The van der Waals surface area contributed by atoms with Crippen molar-refractivity contribution in [1.82, 2.24) is 0 Å². The van der Waals surface area contributed by atoms with Gasteiger partial charge in [0.2, 0.25) is 0 Å². The largest absolute Gasteiger partial charge is 0.361 e. The molecule has 0 radical (unpaired) electrons. The number of nitrogens with zero attached hydrogens (tertiary/aromatic N) is 1. The topological polar surface area (TPSA) is 20.3 Å². The van der Waals surface area contributed by atoms with Gasteiger partial charge in [0.05, 0.1) is 5.69 Å². The van der Waals surface area contributed by atoms with E-state index in [2.05, 4.69) is 6.58 Å². The summed E-state index contributed by atoms with van der Waals surface area (Å²) in [6, 6.07) is 4.51. The van der Waals surface area contributed by atoms with Crippen molar-refractivity contribution < 1.29 is 9.18 Å². The smallest absolute Gasteiger partial charge is 0.150 e. The molecule has 0 aromatic heterocycles. The van der Waals surface area contributed by atoms with Crippen LogP contribution in [0.25, 0.3) is 0 Å². The summed E-state index contributed by atoms with van der Waals surface area (Å²) in [5, 5.41) is 0. The number of anilines is 1. The fraction of sp³-hybridized carbons (Fsp3) is 0.357. The first-order valence-corrected chi connectivity index (χ1v) is 5.53. The van der Waals surface area contributed by atoms with E-state index >= 15 is 0 Å². The first-order chi connectivity index (χ1) is 7.90. The Morgan fingerprint density at radius 2 is 2.06 bits per heavy atom. The maximum atomic E-state index is 13.9. The Balaban J connectivity index is 3.19. The van der Waals surface area contributed by atoms with Gasteiger partial charge in [-0.15, -0.1) is 6.58 Å². The lowest BCUT2D eigenvalue weighted by molar-refractivity contribution is 0.112. The van der Waals surface area contributed by atoms with Gasteiger partial charge in [0.25, 0.3) is 0 Å². The minimum Gasteiger partial charge on any atom is -0.361 e. The van der Waals surface area contributed by atoms with Gasteiger partial charge in [-0.1, -0.05) is 6.08 Å². The van der Waals surface area contributed by atoms with Gasteiger partial charge in [0.15, 0.2) is 0 Å². The second-order valence-electron chi connectivity index (χ2n) is 4.90. The molecule has 0 atom stereocenters. The summed E-state index contributed by atoms with van der Waals surface area (Å²) < 4.78 is 13.9. The van der Waals surface area contributed by atoms with E-state index in [1.54, 1.807) is 18.2 Å². The molecule has 0 saturated heterocycles. The number of benzene rings is 1. The zero-order valence-corrected chi connectivity index (χ0v) is 10.5. The summed E-state index contributed by atoms with van der Waals surface area (Å²) in [4.78, 5) is 12.5. The van der Waals surface area contributed by atoms with Crippen LogP contribution in [-0.4, -0.2) is 18.4 Å². The second kappa shape index (κ2) is 5.13. The van der Waals surface area contributed by atoms with Crippen molar-refractivity contribution in [2.24, 2.45) is 0 Å². The van der Waals surface area contributed by atoms with Crippen LogP contribution in [0.5, 0.6) is 0 Å². The van der Waals surface area contributed by atoms with Crippen LogP contribution in [0, 0.1) is 5.82 Å². The molecule has 0 spiro atoms. The van der Waals surface area contributed by atoms with Crippen LogP contribution in [0.15, 0.2) is 30.9 Å². The Bertz CT molecular complexity index is 421. The number of halogens is 1. The van der Waals surface area contributed by atoms with Crippen LogP contribution in [0.4, 0.5) is 10.1 Å². The molecule has 1 aromatic carbocycles. The van der Waals surface area contributed by atoms with Crippen molar-refractivity contribution in [3.63, 3.8) is 0 Å². The molecule has 2 nitrogen and oxygen atoms in total. The zero-order chi connectivity index (χ0) is 13.1. The number of hydrogen-bond donors (Lipinski definition) is 0. The van der Waals surface area contributed by atoms with E-state index in [9.17, 15) is 9.18 Å². The Labute approximate surface area is 102 Å². The molecule has 0 amide bonds. The van der Waals surface area contributed by atoms with Crippen LogP contribution in [-0.2, 0) is 0 Å². The summed E-state index contributed by atoms with van der Waals surface area (Å²) in [5.74, 6) is -0.383. The summed E-state index contributed by atoms with van der Waals surface area (Å²) in [7, 11) is 0. The van der Waals surface area contributed by atoms with E-state index in [1.165, 1.54) is 6.07 Å². The molecule has 0 saturated carbocycles. The van der Waals surface area contributed by atoms with Gasteiger partial charge in [-0.2, -0.15) is 0 Å². The summed E-state index contributed by atoms with van der Waals surface area (Å²) >= 11 is 0. The average Bonchev–Trinajstić information content (AvgIpc) is 2.25.